The first-order chi connectivity index (χ1) is 10.3. The van der Waals surface area contributed by atoms with Gasteiger partial charge in [-0.2, -0.15) is 0 Å². The Labute approximate surface area is 126 Å². The zero-order valence-corrected chi connectivity index (χ0v) is 12.1. The highest BCUT2D eigenvalue weighted by Gasteiger charge is 2.19. The molecule has 0 aliphatic rings. The van der Waals surface area contributed by atoms with Crippen LogP contribution >= 0.6 is 11.8 Å². The van der Waals surface area contributed by atoms with Crippen molar-refractivity contribution in [3.63, 3.8) is 0 Å². The predicted octanol–water partition coefficient (Wildman–Crippen LogP) is 2.26. The summed E-state index contributed by atoms with van der Waals surface area (Å²) >= 11 is 0.991. The molecular weight excluding hydrogens is 286 g/mol. The van der Waals surface area contributed by atoms with Gasteiger partial charge in [0, 0.05) is 29.7 Å². The van der Waals surface area contributed by atoms with E-state index < -0.39 is 6.04 Å². The lowest BCUT2D eigenvalue weighted by Crippen LogP contribution is -2.36. The number of fused-ring (bicyclic) bond motifs is 1. The fourth-order valence-corrected chi connectivity index (χ4v) is 2.63. The van der Waals surface area contributed by atoms with Crippen LogP contribution in [0.4, 0.5) is 0 Å². The minimum atomic E-state index is -0.582. The van der Waals surface area contributed by atoms with Gasteiger partial charge in [-0.3, -0.25) is 14.6 Å². The minimum Gasteiger partial charge on any atom is -0.361 e. The normalized spacial score (nSPS) is 12.4. The molecule has 0 radical (unpaired) electrons. The van der Waals surface area contributed by atoms with Crippen molar-refractivity contribution < 1.29 is 9.59 Å². The highest BCUT2D eigenvalue weighted by Crippen LogP contribution is 2.20. The number of thioether (sulfide) groups is 1. The number of aromatic amines is 1. The van der Waals surface area contributed by atoms with E-state index in [4.69, 9.17) is 0 Å². The summed E-state index contributed by atoms with van der Waals surface area (Å²) in [6, 6.07) is 7.25. The molecule has 0 saturated heterocycles. The second-order valence-corrected chi connectivity index (χ2v) is 5.22. The lowest BCUT2D eigenvalue weighted by Gasteiger charge is -2.12. The molecule has 1 unspecified atom stereocenters. The molecule has 0 saturated carbocycles. The lowest BCUT2D eigenvalue weighted by molar-refractivity contribution is -0.117. The number of H-pyrrole nitrogens is 1. The molecule has 2 aromatic rings. The molecule has 1 atom stereocenters. The molecule has 1 aromatic heterocycles. The molecule has 0 spiro atoms. The molecule has 0 aliphatic carbocycles. The second kappa shape index (κ2) is 7.44. The summed E-state index contributed by atoms with van der Waals surface area (Å²) in [6.45, 7) is 3.30. The quantitative estimate of drug-likeness (QED) is 0.608. The number of para-hydroxylation sites is 1. The summed E-state index contributed by atoms with van der Waals surface area (Å²) in [5.74, 6) is 0. The first-order valence-corrected chi connectivity index (χ1v) is 7.20. The Morgan fingerprint density at radius 1 is 1.48 bits per heavy atom. The van der Waals surface area contributed by atoms with E-state index in [1.165, 1.54) is 6.20 Å². The van der Waals surface area contributed by atoms with Gasteiger partial charge in [0.05, 0.1) is 0 Å². The monoisotopic (exact) mass is 301 g/mol. The van der Waals surface area contributed by atoms with E-state index in [1.54, 1.807) is 5.41 Å². The van der Waals surface area contributed by atoms with E-state index in [-0.39, 0.29) is 5.12 Å². The van der Waals surface area contributed by atoms with E-state index in [2.05, 4.69) is 22.0 Å². The van der Waals surface area contributed by atoms with Gasteiger partial charge in [0.1, 0.15) is 6.04 Å². The van der Waals surface area contributed by atoms with Crippen molar-refractivity contribution in [1.82, 2.24) is 10.3 Å². The number of aromatic nitrogens is 1. The van der Waals surface area contributed by atoms with Crippen LogP contribution in [0.15, 0.2) is 47.1 Å². The van der Waals surface area contributed by atoms with Crippen LogP contribution in [0.3, 0.4) is 0 Å². The second-order valence-electron chi connectivity index (χ2n) is 4.31. The number of carbonyl (C=O) groups excluding carboxylic acids is 2. The zero-order chi connectivity index (χ0) is 15.1. The van der Waals surface area contributed by atoms with E-state index in [9.17, 15) is 9.59 Å². The third-order valence-electron chi connectivity index (χ3n) is 3.00. The maximum Gasteiger partial charge on any atom is 0.215 e. The van der Waals surface area contributed by atoms with Gasteiger partial charge in [0.2, 0.25) is 11.5 Å². The SMILES string of the molecule is C=N/C=C\SC(=O)C(Cc1c[nH]c2ccccc12)NC=O. The van der Waals surface area contributed by atoms with E-state index in [0.29, 0.717) is 12.8 Å². The average Bonchev–Trinajstić information content (AvgIpc) is 2.90. The van der Waals surface area contributed by atoms with Crippen LogP contribution in [0.1, 0.15) is 5.56 Å². The summed E-state index contributed by atoms with van der Waals surface area (Å²) in [5, 5.41) is 5.02. The van der Waals surface area contributed by atoms with Crippen molar-refractivity contribution in [1.29, 1.82) is 0 Å². The first-order valence-electron chi connectivity index (χ1n) is 6.32. The number of hydrogen-bond donors (Lipinski definition) is 2. The largest absolute Gasteiger partial charge is 0.361 e. The molecule has 0 bridgehead atoms. The molecule has 21 heavy (non-hydrogen) atoms. The topological polar surface area (TPSA) is 74.3 Å². The summed E-state index contributed by atoms with van der Waals surface area (Å²) in [5.41, 5.74) is 2.00. The van der Waals surface area contributed by atoms with Gasteiger partial charge in [-0.05, 0) is 23.8 Å². The van der Waals surface area contributed by atoms with Crippen molar-refractivity contribution in [2.24, 2.45) is 4.99 Å². The number of carbonyl (C=O) groups is 2. The number of rotatable bonds is 7. The van der Waals surface area contributed by atoms with Crippen LogP contribution in [-0.4, -0.2) is 29.3 Å². The number of hydrogen-bond acceptors (Lipinski definition) is 4. The number of nitrogens with one attached hydrogen (secondary N) is 2. The summed E-state index contributed by atoms with van der Waals surface area (Å²) in [4.78, 5) is 29.5. The number of amides is 1. The molecule has 2 N–H and O–H groups in total. The van der Waals surface area contributed by atoms with Gasteiger partial charge in [0.15, 0.2) is 0 Å². The highest BCUT2D eigenvalue weighted by atomic mass is 32.2. The number of aliphatic imine (C=N–C) groups is 1. The molecule has 1 amide bonds. The van der Waals surface area contributed by atoms with Crippen LogP contribution in [-0.2, 0) is 16.0 Å². The predicted molar refractivity (Wildman–Crippen MR) is 86.3 cm³/mol. The van der Waals surface area contributed by atoms with Crippen LogP contribution in [0.2, 0.25) is 0 Å². The van der Waals surface area contributed by atoms with Crippen molar-refractivity contribution in [3.8, 4) is 0 Å². The Bertz CT molecular complexity index is 678. The van der Waals surface area contributed by atoms with Crippen molar-refractivity contribution in [2.45, 2.75) is 12.5 Å². The molecule has 1 aromatic carbocycles. The van der Waals surface area contributed by atoms with E-state index in [1.807, 2.05) is 30.5 Å². The molecule has 5 nitrogen and oxygen atoms in total. The first kappa shape index (κ1) is 15.1. The van der Waals surface area contributed by atoms with Gasteiger partial charge in [-0.15, -0.1) is 0 Å². The molecule has 1 heterocycles. The van der Waals surface area contributed by atoms with Gasteiger partial charge < -0.3 is 10.3 Å². The Balaban J connectivity index is 2.15. The smallest absolute Gasteiger partial charge is 0.215 e. The Hall–Kier alpha value is -2.34. The summed E-state index contributed by atoms with van der Waals surface area (Å²) in [6.07, 6.45) is 4.28. The molecule has 0 aliphatic heterocycles. The Morgan fingerprint density at radius 3 is 3.05 bits per heavy atom. The standard InChI is InChI=1S/C15H15N3O2S/c1-16-6-7-21-15(20)14(18-10-19)8-11-9-17-13-5-3-2-4-12(11)13/h2-7,9-10,14,17H,1,8H2,(H,18,19)/b7-6-. The Kier molecular flexibility index (Phi) is 5.34. The van der Waals surface area contributed by atoms with Crippen LogP contribution in [0.25, 0.3) is 10.9 Å². The van der Waals surface area contributed by atoms with Crippen LogP contribution in [0.5, 0.6) is 0 Å². The van der Waals surface area contributed by atoms with Crippen LogP contribution in [0, 0.1) is 0 Å². The van der Waals surface area contributed by atoms with Gasteiger partial charge in [0.25, 0.3) is 0 Å². The highest BCUT2D eigenvalue weighted by molar-refractivity contribution is 8.16. The number of benzene rings is 1. The zero-order valence-electron chi connectivity index (χ0n) is 11.3. The summed E-state index contributed by atoms with van der Waals surface area (Å²) < 4.78 is 0. The molecular formula is C15H15N3O2S. The minimum absolute atomic E-state index is 0.146. The lowest BCUT2D eigenvalue weighted by atomic mass is 10.1. The Morgan fingerprint density at radius 2 is 2.29 bits per heavy atom. The average molecular weight is 301 g/mol. The fourth-order valence-electron chi connectivity index (χ4n) is 2.04. The van der Waals surface area contributed by atoms with Crippen molar-refractivity contribution in [2.75, 3.05) is 0 Å². The maximum absolute atomic E-state index is 12.1. The van der Waals surface area contributed by atoms with E-state index >= 15 is 0 Å². The van der Waals surface area contributed by atoms with Crippen molar-refractivity contribution >= 4 is 40.9 Å². The van der Waals surface area contributed by atoms with Gasteiger partial charge in [-0.25, -0.2) is 0 Å². The molecule has 2 rings (SSSR count). The summed E-state index contributed by atoms with van der Waals surface area (Å²) in [7, 11) is 0. The molecule has 108 valence electrons. The molecule has 6 heteroatoms. The van der Waals surface area contributed by atoms with Gasteiger partial charge >= 0.3 is 0 Å². The fraction of sp³-hybridized carbons (Fsp3) is 0.133. The van der Waals surface area contributed by atoms with Gasteiger partial charge in [-0.1, -0.05) is 30.0 Å². The molecule has 0 fully saturated rings. The third kappa shape index (κ3) is 3.82. The third-order valence-corrected chi connectivity index (χ3v) is 3.78. The van der Waals surface area contributed by atoms with E-state index in [0.717, 1.165) is 28.2 Å². The van der Waals surface area contributed by atoms with Crippen LogP contribution < -0.4 is 5.32 Å². The van der Waals surface area contributed by atoms with Crippen molar-refractivity contribution in [3.05, 3.63) is 47.6 Å². The maximum atomic E-state index is 12.1. The number of nitrogens with zero attached hydrogens (tertiary/aromatic N) is 1.